The smallest absolute Gasteiger partial charge is 0.191 e. The van der Waals surface area contributed by atoms with Crippen molar-refractivity contribution in [3.8, 4) is 0 Å². The molecule has 142 valence electrons. The maximum atomic E-state index is 10.2. The highest BCUT2D eigenvalue weighted by atomic mass is 127. The molecule has 1 aliphatic carbocycles. The maximum Gasteiger partial charge on any atom is 0.191 e. The van der Waals surface area contributed by atoms with Crippen LogP contribution in [0.2, 0.25) is 0 Å². The minimum absolute atomic E-state index is 0. The molecule has 0 saturated heterocycles. The van der Waals surface area contributed by atoms with Gasteiger partial charge in [0, 0.05) is 31.9 Å². The molecule has 5 nitrogen and oxygen atoms in total. The molecule has 1 aromatic carbocycles. The molecule has 0 spiro atoms. The van der Waals surface area contributed by atoms with Gasteiger partial charge in [0.2, 0.25) is 0 Å². The van der Waals surface area contributed by atoms with Gasteiger partial charge in [-0.05, 0) is 57.7 Å². The van der Waals surface area contributed by atoms with Crippen molar-refractivity contribution in [3.05, 3.63) is 29.8 Å². The van der Waals surface area contributed by atoms with Gasteiger partial charge in [-0.25, -0.2) is 0 Å². The van der Waals surface area contributed by atoms with Gasteiger partial charge in [-0.15, -0.1) is 24.0 Å². The highest BCUT2D eigenvalue weighted by Gasteiger charge is 2.34. The number of hydrogen-bond donors (Lipinski definition) is 3. The van der Waals surface area contributed by atoms with Crippen LogP contribution in [0.5, 0.6) is 0 Å². The molecule has 1 fully saturated rings. The third-order valence-corrected chi connectivity index (χ3v) is 4.58. The first kappa shape index (κ1) is 22.0. The summed E-state index contributed by atoms with van der Waals surface area (Å²) in [4.78, 5) is 6.89. The number of aliphatic hydroxyl groups is 1. The van der Waals surface area contributed by atoms with Crippen molar-refractivity contribution in [1.29, 1.82) is 0 Å². The average molecular weight is 460 g/mol. The highest BCUT2D eigenvalue weighted by Crippen LogP contribution is 2.31. The number of nitrogens with zero attached hydrogens (tertiary/aromatic N) is 2. The molecule has 0 aliphatic heterocycles. The summed E-state index contributed by atoms with van der Waals surface area (Å²) < 4.78 is 0. The number of guanidine groups is 1. The molecule has 0 aromatic heterocycles. The lowest BCUT2D eigenvalue weighted by atomic mass is 9.80. The van der Waals surface area contributed by atoms with Gasteiger partial charge in [0.1, 0.15) is 0 Å². The molecule has 1 aromatic rings. The van der Waals surface area contributed by atoms with Gasteiger partial charge >= 0.3 is 0 Å². The summed E-state index contributed by atoms with van der Waals surface area (Å²) in [7, 11) is 0. The Morgan fingerprint density at radius 1 is 1.28 bits per heavy atom. The molecule has 3 N–H and O–H groups in total. The second-order valence-corrected chi connectivity index (χ2v) is 6.62. The summed E-state index contributed by atoms with van der Waals surface area (Å²) in [5, 5.41) is 16.8. The third kappa shape index (κ3) is 7.01. The molecule has 0 unspecified atom stereocenters. The van der Waals surface area contributed by atoms with Gasteiger partial charge in [-0.2, -0.15) is 0 Å². The Labute approximate surface area is 169 Å². The van der Waals surface area contributed by atoms with Crippen LogP contribution in [0, 0.1) is 6.92 Å². The Balaban J connectivity index is 0.00000312. The SMILES string of the molecule is CCNC(=NCC1(O)CCC1)NCCN(CC)c1cccc(C)c1.I. The Kier molecular flexibility index (Phi) is 9.56. The Morgan fingerprint density at radius 3 is 2.60 bits per heavy atom. The van der Waals surface area contributed by atoms with E-state index in [9.17, 15) is 5.11 Å². The van der Waals surface area contributed by atoms with Crippen molar-refractivity contribution < 1.29 is 5.11 Å². The van der Waals surface area contributed by atoms with Crippen LogP contribution < -0.4 is 15.5 Å². The zero-order valence-corrected chi connectivity index (χ0v) is 18.0. The van der Waals surface area contributed by atoms with Gasteiger partial charge in [0.25, 0.3) is 0 Å². The highest BCUT2D eigenvalue weighted by molar-refractivity contribution is 14.0. The largest absolute Gasteiger partial charge is 0.388 e. The number of aryl methyl sites for hydroxylation is 1. The van der Waals surface area contributed by atoms with Crippen molar-refractivity contribution in [3.63, 3.8) is 0 Å². The minimum atomic E-state index is -0.570. The van der Waals surface area contributed by atoms with Crippen LogP contribution in [0.25, 0.3) is 0 Å². The minimum Gasteiger partial charge on any atom is -0.388 e. The second-order valence-electron chi connectivity index (χ2n) is 6.62. The van der Waals surface area contributed by atoms with Gasteiger partial charge in [-0.3, -0.25) is 4.99 Å². The van der Waals surface area contributed by atoms with Crippen LogP contribution in [-0.4, -0.2) is 49.4 Å². The molecule has 1 saturated carbocycles. The van der Waals surface area contributed by atoms with Crippen LogP contribution in [-0.2, 0) is 0 Å². The molecule has 1 aliphatic rings. The summed E-state index contributed by atoms with van der Waals surface area (Å²) in [6.07, 6.45) is 2.84. The number of benzene rings is 1. The van der Waals surface area contributed by atoms with E-state index in [1.165, 1.54) is 11.3 Å². The lowest BCUT2D eigenvalue weighted by Crippen LogP contribution is -2.44. The van der Waals surface area contributed by atoms with E-state index in [4.69, 9.17) is 0 Å². The van der Waals surface area contributed by atoms with Crippen molar-refractivity contribution in [1.82, 2.24) is 10.6 Å². The Morgan fingerprint density at radius 2 is 2.04 bits per heavy atom. The molecule has 25 heavy (non-hydrogen) atoms. The summed E-state index contributed by atoms with van der Waals surface area (Å²) in [5.74, 6) is 0.790. The first-order valence-electron chi connectivity index (χ1n) is 9.12. The van der Waals surface area contributed by atoms with E-state index < -0.39 is 5.60 Å². The van der Waals surface area contributed by atoms with Crippen LogP contribution in [0.15, 0.2) is 29.3 Å². The number of likely N-dealkylation sites (N-methyl/N-ethyl adjacent to an activating group) is 1. The quantitative estimate of drug-likeness (QED) is 0.317. The van der Waals surface area contributed by atoms with Crippen molar-refractivity contribution in [2.45, 2.75) is 45.6 Å². The molecule has 6 heteroatoms. The predicted octanol–water partition coefficient (Wildman–Crippen LogP) is 2.91. The van der Waals surface area contributed by atoms with Gasteiger partial charge in [0.05, 0.1) is 12.1 Å². The fourth-order valence-corrected chi connectivity index (χ4v) is 2.91. The Hall–Kier alpha value is -1.02. The first-order chi connectivity index (χ1) is 11.6. The number of aliphatic imine (C=N–C) groups is 1. The second kappa shape index (κ2) is 10.9. The number of hydrogen-bond acceptors (Lipinski definition) is 3. The maximum absolute atomic E-state index is 10.2. The summed E-state index contributed by atoms with van der Waals surface area (Å²) in [5.41, 5.74) is 1.96. The van der Waals surface area contributed by atoms with Gasteiger partial charge in [0.15, 0.2) is 5.96 Å². The summed E-state index contributed by atoms with van der Waals surface area (Å²) in [6, 6.07) is 8.60. The van der Waals surface area contributed by atoms with Crippen molar-refractivity contribution in [2.24, 2.45) is 4.99 Å². The van der Waals surface area contributed by atoms with Crippen LogP contribution in [0.3, 0.4) is 0 Å². The molecule has 2 rings (SSSR count). The lowest BCUT2D eigenvalue weighted by molar-refractivity contribution is -0.0236. The normalized spacial score (nSPS) is 15.8. The van der Waals surface area contributed by atoms with E-state index in [1.807, 2.05) is 0 Å². The zero-order valence-electron chi connectivity index (χ0n) is 15.7. The standard InChI is InChI=1S/C19H32N4O.HI/c1-4-20-18(22-15-19(24)10-7-11-19)21-12-13-23(5-2)17-9-6-8-16(3)14-17;/h6,8-9,14,24H,4-5,7,10-13,15H2,1-3H3,(H2,20,21,22);1H. The third-order valence-electron chi connectivity index (χ3n) is 4.58. The van der Waals surface area contributed by atoms with E-state index in [0.29, 0.717) is 6.54 Å². The predicted molar refractivity (Wildman–Crippen MR) is 117 cm³/mol. The average Bonchev–Trinajstić information content (AvgIpc) is 2.54. The van der Waals surface area contributed by atoms with E-state index in [-0.39, 0.29) is 24.0 Å². The van der Waals surface area contributed by atoms with Crippen molar-refractivity contribution in [2.75, 3.05) is 37.6 Å². The van der Waals surface area contributed by atoms with Gasteiger partial charge in [-0.1, -0.05) is 12.1 Å². The molecule has 0 radical (unpaired) electrons. The molecular weight excluding hydrogens is 427 g/mol. The lowest BCUT2D eigenvalue weighted by Gasteiger charge is -2.35. The summed E-state index contributed by atoms with van der Waals surface area (Å²) >= 11 is 0. The monoisotopic (exact) mass is 460 g/mol. The van der Waals surface area contributed by atoms with Crippen LogP contribution in [0.4, 0.5) is 5.69 Å². The van der Waals surface area contributed by atoms with E-state index in [1.54, 1.807) is 0 Å². The topological polar surface area (TPSA) is 59.9 Å². The molecule has 0 amide bonds. The van der Waals surface area contributed by atoms with E-state index in [2.05, 4.69) is 65.6 Å². The number of anilines is 1. The number of rotatable bonds is 8. The van der Waals surface area contributed by atoms with Crippen LogP contribution >= 0.6 is 24.0 Å². The van der Waals surface area contributed by atoms with E-state index in [0.717, 1.165) is 51.4 Å². The van der Waals surface area contributed by atoms with Crippen LogP contribution in [0.1, 0.15) is 38.7 Å². The molecule has 0 atom stereocenters. The molecule has 0 bridgehead atoms. The zero-order chi connectivity index (χ0) is 17.4. The fraction of sp³-hybridized carbons (Fsp3) is 0.632. The number of halogens is 1. The Bertz CT molecular complexity index is 546. The van der Waals surface area contributed by atoms with E-state index >= 15 is 0 Å². The number of nitrogens with one attached hydrogen (secondary N) is 2. The molecular formula is C19H33IN4O. The molecule has 0 heterocycles. The first-order valence-corrected chi connectivity index (χ1v) is 9.12. The van der Waals surface area contributed by atoms with Crippen molar-refractivity contribution >= 4 is 35.6 Å². The fourth-order valence-electron chi connectivity index (χ4n) is 2.91. The van der Waals surface area contributed by atoms with Gasteiger partial charge < -0.3 is 20.6 Å². The summed E-state index contributed by atoms with van der Waals surface area (Å²) in [6.45, 7) is 10.3.